The number of pyridine rings is 1. The van der Waals surface area contributed by atoms with Crippen molar-refractivity contribution < 1.29 is 17.6 Å². The Kier molecular flexibility index (Phi) is 3.34. The summed E-state index contributed by atoms with van der Waals surface area (Å²) in [5, 5.41) is 2.68. The molecule has 6 nitrogen and oxygen atoms in total. The van der Waals surface area contributed by atoms with Crippen molar-refractivity contribution in [1.29, 1.82) is 0 Å². The van der Waals surface area contributed by atoms with Crippen LogP contribution in [0.3, 0.4) is 0 Å². The van der Waals surface area contributed by atoms with Gasteiger partial charge in [-0.15, -0.1) is 0 Å². The predicted octanol–water partition coefficient (Wildman–Crippen LogP) is 3.39. The largest absolute Gasteiger partial charge is 0.405 e. The quantitative estimate of drug-likeness (QED) is 0.556. The van der Waals surface area contributed by atoms with Crippen molar-refractivity contribution >= 4 is 22.6 Å². The van der Waals surface area contributed by atoms with E-state index in [1.165, 1.54) is 18.5 Å². The van der Waals surface area contributed by atoms with Gasteiger partial charge in [0.25, 0.3) is 0 Å². The maximum Gasteiger partial charge on any atom is 0.405 e. The number of halogens is 4. The molecule has 0 unspecified atom stereocenters. The van der Waals surface area contributed by atoms with Crippen molar-refractivity contribution in [3.8, 4) is 11.1 Å². The van der Waals surface area contributed by atoms with E-state index in [9.17, 15) is 17.6 Å². The molecule has 128 valence electrons. The lowest BCUT2D eigenvalue weighted by Crippen LogP contribution is -2.22. The first-order chi connectivity index (χ1) is 11.9. The van der Waals surface area contributed by atoms with Crippen LogP contribution in [-0.2, 0) is 0 Å². The molecule has 2 N–H and O–H groups in total. The average Bonchev–Trinajstić information content (AvgIpc) is 3.18. The Bertz CT molecular complexity index is 1060. The van der Waals surface area contributed by atoms with Gasteiger partial charge in [-0.3, -0.25) is 0 Å². The van der Waals surface area contributed by atoms with Crippen LogP contribution in [0.15, 0.2) is 37.1 Å². The highest BCUT2D eigenvalue weighted by Crippen LogP contribution is 2.29. The molecular weight excluding hydrogens is 340 g/mol. The van der Waals surface area contributed by atoms with Crippen LogP contribution < -0.4 is 5.32 Å². The molecular formula is C15H10F4N6. The van der Waals surface area contributed by atoms with E-state index in [1.54, 1.807) is 23.0 Å². The van der Waals surface area contributed by atoms with Crippen molar-refractivity contribution in [2.24, 2.45) is 0 Å². The Balaban J connectivity index is 1.73. The Morgan fingerprint density at radius 2 is 2.08 bits per heavy atom. The summed E-state index contributed by atoms with van der Waals surface area (Å²) in [7, 11) is 0. The summed E-state index contributed by atoms with van der Waals surface area (Å²) in [6.45, 7) is -1.23. The number of nitrogens with zero attached hydrogens (tertiary/aromatic N) is 4. The van der Waals surface area contributed by atoms with Crippen molar-refractivity contribution in [3.05, 3.63) is 42.9 Å². The summed E-state index contributed by atoms with van der Waals surface area (Å²) in [4.78, 5) is 14.7. The minimum atomic E-state index is -4.36. The highest BCUT2D eigenvalue weighted by molar-refractivity contribution is 5.93. The minimum absolute atomic E-state index is 0.144. The van der Waals surface area contributed by atoms with Crippen molar-refractivity contribution in [2.75, 3.05) is 11.9 Å². The molecule has 0 aliphatic heterocycles. The number of H-pyrrole nitrogens is 1. The summed E-state index contributed by atoms with van der Waals surface area (Å²) in [6, 6.07) is 1.33. The van der Waals surface area contributed by atoms with E-state index in [2.05, 4.69) is 25.3 Å². The SMILES string of the molecule is Fc1cc(-c2c[nH]c3nc(NCC(F)(F)F)ncc23)cn2ccnc12. The maximum absolute atomic E-state index is 14.1. The third-order valence-electron chi connectivity index (χ3n) is 3.63. The molecule has 4 aromatic rings. The number of rotatable bonds is 3. The van der Waals surface area contributed by atoms with Gasteiger partial charge in [0.2, 0.25) is 5.95 Å². The highest BCUT2D eigenvalue weighted by atomic mass is 19.4. The normalized spacial score (nSPS) is 12.2. The number of fused-ring (bicyclic) bond motifs is 2. The molecule has 10 heteroatoms. The predicted molar refractivity (Wildman–Crippen MR) is 82.6 cm³/mol. The van der Waals surface area contributed by atoms with Crippen LogP contribution in [0, 0.1) is 5.82 Å². The van der Waals surface area contributed by atoms with Crippen LogP contribution in [0.25, 0.3) is 27.8 Å². The number of alkyl halides is 3. The molecule has 0 amide bonds. The second-order valence-corrected chi connectivity index (χ2v) is 5.36. The second kappa shape index (κ2) is 5.43. The summed E-state index contributed by atoms with van der Waals surface area (Å²) in [5.74, 6) is -0.629. The van der Waals surface area contributed by atoms with Gasteiger partial charge in [0.05, 0.1) is 0 Å². The van der Waals surface area contributed by atoms with Gasteiger partial charge >= 0.3 is 6.18 Å². The molecule has 4 aromatic heterocycles. The van der Waals surface area contributed by atoms with E-state index in [0.29, 0.717) is 22.2 Å². The molecule has 0 aromatic carbocycles. The van der Waals surface area contributed by atoms with E-state index in [-0.39, 0.29) is 11.6 Å². The third kappa shape index (κ3) is 2.86. The first-order valence-electron chi connectivity index (χ1n) is 7.18. The molecule has 0 saturated carbocycles. The topological polar surface area (TPSA) is 70.9 Å². The first-order valence-corrected chi connectivity index (χ1v) is 7.18. The van der Waals surface area contributed by atoms with Crippen LogP contribution >= 0.6 is 0 Å². The number of aromatic nitrogens is 5. The molecule has 25 heavy (non-hydrogen) atoms. The van der Waals surface area contributed by atoms with Crippen molar-refractivity contribution in [1.82, 2.24) is 24.3 Å². The molecule has 0 aliphatic rings. The average molecular weight is 350 g/mol. The third-order valence-corrected chi connectivity index (χ3v) is 3.63. The highest BCUT2D eigenvalue weighted by Gasteiger charge is 2.27. The van der Waals surface area contributed by atoms with Crippen molar-refractivity contribution in [2.45, 2.75) is 6.18 Å². The standard InChI is InChI=1S/C15H10F4N6/c16-11-3-8(6-25-2-1-20-13(11)25)9-4-21-12-10(9)5-22-14(24-12)23-7-15(17,18)19/h1-6H,7H2,(H2,21,22,23,24). The maximum atomic E-state index is 14.1. The van der Waals surface area contributed by atoms with Gasteiger partial charge in [0, 0.05) is 47.5 Å². The minimum Gasteiger partial charge on any atom is -0.345 e. The number of aromatic amines is 1. The molecule has 0 bridgehead atoms. The monoisotopic (exact) mass is 350 g/mol. The molecule has 0 fully saturated rings. The van der Waals surface area contributed by atoms with Gasteiger partial charge in [-0.05, 0) is 6.07 Å². The summed E-state index contributed by atoms with van der Waals surface area (Å²) < 4.78 is 52.4. The molecule has 0 saturated heterocycles. The summed E-state index contributed by atoms with van der Waals surface area (Å²) in [6.07, 6.45) is 3.43. The zero-order valence-corrected chi connectivity index (χ0v) is 12.5. The van der Waals surface area contributed by atoms with Crippen LogP contribution in [0.2, 0.25) is 0 Å². The zero-order chi connectivity index (χ0) is 17.6. The first kappa shape index (κ1) is 15.4. The summed E-state index contributed by atoms with van der Waals surface area (Å²) in [5.41, 5.74) is 1.75. The van der Waals surface area contributed by atoms with Gasteiger partial charge in [0.1, 0.15) is 12.2 Å². The Morgan fingerprint density at radius 3 is 2.88 bits per heavy atom. The lowest BCUT2D eigenvalue weighted by Gasteiger charge is -2.07. The van der Waals surface area contributed by atoms with Crippen molar-refractivity contribution in [3.63, 3.8) is 0 Å². The van der Waals surface area contributed by atoms with Crippen LogP contribution in [-0.4, -0.2) is 37.1 Å². The van der Waals surface area contributed by atoms with Gasteiger partial charge < -0.3 is 14.7 Å². The van der Waals surface area contributed by atoms with Gasteiger partial charge in [-0.25, -0.2) is 14.4 Å². The van der Waals surface area contributed by atoms with Crippen LogP contribution in [0.1, 0.15) is 0 Å². The molecule has 0 atom stereocenters. The molecule has 0 aliphatic carbocycles. The lowest BCUT2D eigenvalue weighted by molar-refractivity contribution is -0.115. The molecule has 4 heterocycles. The molecule has 0 radical (unpaired) electrons. The smallest absolute Gasteiger partial charge is 0.345 e. The van der Waals surface area contributed by atoms with Gasteiger partial charge in [-0.2, -0.15) is 18.2 Å². The van der Waals surface area contributed by atoms with E-state index in [1.807, 2.05) is 0 Å². The fourth-order valence-electron chi connectivity index (χ4n) is 2.55. The summed E-state index contributed by atoms with van der Waals surface area (Å²) >= 11 is 0. The number of hydrogen-bond acceptors (Lipinski definition) is 4. The lowest BCUT2D eigenvalue weighted by atomic mass is 10.1. The molecule has 4 rings (SSSR count). The van der Waals surface area contributed by atoms with E-state index in [4.69, 9.17) is 0 Å². The Labute approximate surface area is 137 Å². The van der Waals surface area contributed by atoms with E-state index in [0.717, 1.165) is 0 Å². The van der Waals surface area contributed by atoms with E-state index >= 15 is 0 Å². The number of nitrogens with one attached hydrogen (secondary N) is 2. The zero-order valence-electron chi connectivity index (χ0n) is 12.5. The fraction of sp³-hybridized carbons (Fsp3) is 0.133. The van der Waals surface area contributed by atoms with Crippen LogP contribution in [0.5, 0.6) is 0 Å². The Hall–Kier alpha value is -3.17. The number of hydrogen-bond donors (Lipinski definition) is 2. The second-order valence-electron chi connectivity index (χ2n) is 5.36. The number of imidazole rings is 1. The van der Waals surface area contributed by atoms with Gasteiger partial charge in [0.15, 0.2) is 11.5 Å². The van der Waals surface area contributed by atoms with Crippen LogP contribution in [0.4, 0.5) is 23.5 Å². The molecule has 0 spiro atoms. The van der Waals surface area contributed by atoms with E-state index < -0.39 is 18.5 Å². The number of anilines is 1. The fourth-order valence-corrected chi connectivity index (χ4v) is 2.55. The van der Waals surface area contributed by atoms with Gasteiger partial charge in [-0.1, -0.05) is 0 Å². The Morgan fingerprint density at radius 1 is 1.24 bits per heavy atom.